The van der Waals surface area contributed by atoms with Crippen LogP contribution in [0, 0.1) is 4.64 Å². The molecule has 2 aliphatic heterocycles. The van der Waals surface area contributed by atoms with Crippen LogP contribution in [0.5, 0.6) is 0 Å². The van der Waals surface area contributed by atoms with E-state index >= 15 is 0 Å². The minimum absolute atomic E-state index is 0.164. The number of hydrogen-bond donors (Lipinski definition) is 7. The Bertz CT molecular complexity index is 1080. The molecular formula is C10H16N3O13P3S. The van der Waals surface area contributed by atoms with E-state index in [0.717, 1.165) is 4.57 Å². The second-order valence-corrected chi connectivity index (χ2v) is 11.1. The van der Waals surface area contributed by atoms with Gasteiger partial charge >= 0.3 is 29.2 Å². The smallest absolute Gasteiger partial charge is 0.388 e. The fourth-order valence-corrected chi connectivity index (χ4v) is 6.03. The summed E-state index contributed by atoms with van der Waals surface area (Å²) in [5.41, 5.74) is -1.74. The lowest BCUT2D eigenvalue weighted by atomic mass is 10.00. The number of ether oxygens (including phenoxy) is 1. The summed E-state index contributed by atoms with van der Waals surface area (Å²) in [5.74, 6) is 0. The second kappa shape index (κ2) is 8.06. The highest BCUT2D eigenvalue weighted by Gasteiger charge is 2.65. The lowest BCUT2D eigenvalue weighted by Gasteiger charge is -2.19. The van der Waals surface area contributed by atoms with Crippen LogP contribution in [-0.2, 0) is 31.6 Å². The Morgan fingerprint density at radius 2 is 1.87 bits per heavy atom. The van der Waals surface area contributed by atoms with Crippen LogP contribution in [-0.4, -0.2) is 65.1 Å². The van der Waals surface area contributed by atoms with Crippen molar-refractivity contribution in [2.45, 2.75) is 24.0 Å². The molecule has 170 valence electrons. The molecule has 1 aromatic rings. The van der Waals surface area contributed by atoms with Crippen LogP contribution in [0.1, 0.15) is 6.23 Å². The number of aliphatic hydroxyl groups excluding tert-OH is 1. The molecule has 0 aromatic carbocycles. The van der Waals surface area contributed by atoms with Crippen LogP contribution in [0.15, 0.2) is 17.1 Å². The van der Waals surface area contributed by atoms with Crippen molar-refractivity contribution in [1.82, 2.24) is 14.9 Å². The summed E-state index contributed by atoms with van der Waals surface area (Å²) in [5, 5.41) is 13.3. The second-order valence-electron chi connectivity index (χ2n) is 6.27. The molecule has 0 saturated carbocycles. The Hall–Kier alpha value is -0.610. The number of aromatic amines is 1. The van der Waals surface area contributed by atoms with E-state index in [0.29, 0.717) is 0 Å². The van der Waals surface area contributed by atoms with Gasteiger partial charge in [0.25, 0.3) is 0 Å². The van der Waals surface area contributed by atoms with Gasteiger partial charge in [-0.1, -0.05) is 12.2 Å². The van der Waals surface area contributed by atoms with Crippen molar-refractivity contribution in [1.29, 1.82) is 0 Å². The predicted molar refractivity (Wildman–Crippen MR) is 96.4 cm³/mol. The number of nitrogens with one attached hydrogen (secondary N) is 2. The molecule has 2 saturated heterocycles. The molecular weight excluding hydrogens is 495 g/mol. The van der Waals surface area contributed by atoms with E-state index in [1.54, 1.807) is 0 Å². The van der Waals surface area contributed by atoms with Crippen molar-refractivity contribution in [3.63, 3.8) is 0 Å². The standard InChI is InChI=1S/C10H16N3O13P3S/c14-7-5(3-23-28(19,20)26-29(21,22)25-27(16,17)18)24-8(10(7)4-11-10)13-2-1-6(30)12-9(13)15/h1-2,5,7-8,11,14H,3-4H2,(H,19,20)(H,21,22)(H,12,15,30)(H2,16,17,18)/t5-,7?,8?,10+/m1/s1. The van der Waals surface area contributed by atoms with Crippen LogP contribution < -0.4 is 11.0 Å². The maximum absolute atomic E-state index is 12.1. The third kappa shape index (κ3) is 5.41. The Balaban J connectivity index is 1.70. The fraction of sp³-hybridized carbons (Fsp3) is 0.600. The van der Waals surface area contributed by atoms with E-state index in [4.69, 9.17) is 31.6 Å². The van der Waals surface area contributed by atoms with Gasteiger partial charge in [0.15, 0.2) is 6.23 Å². The summed E-state index contributed by atoms with van der Waals surface area (Å²) in [4.78, 5) is 50.1. The first-order valence-corrected chi connectivity index (χ1v) is 12.8. The Kier molecular flexibility index (Phi) is 6.46. The van der Waals surface area contributed by atoms with Gasteiger partial charge < -0.3 is 34.7 Å². The summed E-state index contributed by atoms with van der Waals surface area (Å²) >= 11 is 4.84. The molecule has 3 heterocycles. The van der Waals surface area contributed by atoms with Crippen molar-refractivity contribution in [2.24, 2.45) is 0 Å². The van der Waals surface area contributed by atoms with E-state index in [2.05, 4.69) is 23.4 Å². The third-order valence-electron chi connectivity index (χ3n) is 4.13. The van der Waals surface area contributed by atoms with Gasteiger partial charge in [-0.25, -0.2) is 18.5 Å². The van der Waals surface area contributed by atoms with E-state index in [9.17, 15) is 28.5 Å². The SMILES string of the molecule is O=c1[nH]c(=S)ccn1C1O[C@H](COP(=O)(O)OP(=O)(O)OP(=O)(O)O)C(O)[C@@]12CN2. The predicted octanol–water partition coefficient (Wildman–Crippen LogP) is -1.15. The molecule has 2 fully saturated rings. The van der Waals surface area contributed by atoms with Crippen LogP contribution in [0.3, 0.4) is 0 Å². The van der Waals surface area contributed by atoms with Gasteiger partial charge in [-0.15, -0.1) is 0 Å². The lowest BCUT2D eigenvalue weighted by molar-refractivity contribution is -0.0461. The van der Waals surface area contributed by atoms with Gasteiger partial charge in [0.05, 0.1) is 6.61 Å². The molecule has 2 aliphatic rings. The van der Waals surface area contributed by atoms with E-state index in [-0.39, 0.29) is 11.2 Å². The molecule has 0 aliphatic carbocycles. The number of aliphatic hydroxyl groups is 1. The van der Waals surface area contributed by atoms with Crippen molar-refractivity contribution >= 4 is 35.7 Å². The van der Waals surface area contributed by atoms with E-state index < -0.39 is 59.7 Å². The van der Waals surface area contributed by atoms with Crippen molar-refractivity contribution in [3.8, 4) is 0 Å². The molecule has 0 radical (unpaired) electrons. The number of rotatable bonds is 8. The van der Waals surface area contributed by atoms with Gasteiger partial charge in [0, 0.05) is 12.7 Å². The maximum atomic E-state index is 12.1. The number of hydrogen-bond acceptors (Lipinski definition) is 11. The van der Waals surface area contributed by atoms with Gasteiger partial charge in [0.2, 0.25) is 0 Å². The van der Waals surface area contributed by atoms with Crippen molar-refractivity contribution in [2.75, 3.05) is 13.2 Å². The highest BCUT2D eigenvalue weighted by atomic mass is 32.1. The fourth-order valence-electron chi connectivity index (χ4n) is 2.85. The number of nitrogens with zero attached hydrogens (tertiary/aromatic N) is 1. The van der Waals surface area contributed by atoms with Crippen LogP contribution in [0.2, 0.25) is 0 Å². The van der Waals surface area contributed by atoms with E-state index in [1.807, 2.05) is 0 Å². The number of phosphoric ester groups is 1. The average Bonchev–Trinajstić information content (AvgIpc) is 3.28. The highest BCUT2D eigenvalue weighted by molar-refractivity contribution is 7.71. The van der Waals surface area contributed by atoms with Gasteiger partial charge in [-0.05, 0) is 6.07 Å². The number of aromatic nitrogens is 2. The molecule has 0 amide bonds. The molecule has 0 bridgehead atoms. The number of H-pyrrole nitrogens is 1. The maximum Gasteiger partial charge on any atom is 0.490 e. The van der Waals surface area contributed by atoms with Crippen LogP contribution in [0.25, 0.3) is 0 Å². The van der Waals surface area contributed by atoms with Gasteiger partial charge in [0.1, 0.15) is 22.4 Å². The Morgan fingerprint density at radius 3 is 2.40 bits per heavy atom. The molecule has 30 heavy (non-hydrogen) atoms. The van der Waals surface area contributed by atoms with Crippen LogP contribution in [0.4, 0.5) is 0 Å². The quantitative estimate of drug-likeness (QED) is 0.124. The molecule has 4 unspecified atom stereocenters. The first-order valence-electron chi connectivity index (χ1n) is 7.83. The molecule has 20 heteroatoms. The zero-order valence-electron chi connectivity index (χ0n) is 14.5. The Morgan fingerprint density at radius 1 is 1.23 bits per heavy atom. The zero-order chi connectivity index (χ0) is 22.5. The largest absolute Gasteiger partial charge is 0.490 e. The van der Waals surface area contributed by atoms with Gasteiger partial charge in [-0.2, -0.15) is 8.62 Å². The van der Waals surface area contributed by atoms with Gasteiger partial charge in [-0.3, -0.25) is 14.1 Å². The summed E-state index contributed by atoms with van der Waals surface area (Å²) in [6.07, 6.45) is -2.37. The molecule has 7 N–H and O–H groups in total. The normalized spacial score (nSPS) is 32.6. The summed E-state index contributed by atoms with van der Waals surface area (Å²) < 4.78 is 52.3. The molecule has 3 rings (SSSR count). The summed E-state index contributed by atoms with van der Waals surface area (Å²) in [6.45, 7) is -0.630. The highest BCUT2D eigenvalue weighted by Crippen LogP contribution is 2.66. The first-order chi connectivity index (χ1) is 13.6. The van der Waals surface area contributed by atoms with Crippen LogP contribution >= 0.6 is 35.7 Å². The lowest BCUT2D eigenvalue weighted by Crippen LogP contribution is -2.41. The first kappa shape index (κ1) is 24.0. The molecule has 1 spiro atoms. The third-order valence-corrected chi connectivity index (χ3v) is 8.17. The number of phosphoric acid groups is 3. The Labute approximate surface area is 171 Å². The van der Waals surface area contributed by atoms with Crippen molar-refractivity contribution in [3.05, 3.63) is 27.4 Å². The minimum Gasteiger partial charge on any atom is -0.388 e. The monoisotopic (exact) mass is 511 g/mol. The van der Waals surface area contributed by atoms with E-state index in [1.165, 1.54) is 12.3 Å². The molecule has 16 nitrogen and oxygen atoms in total. The summed E-state index contributed by atoms with van der Waals surface area (Å²) in [7, 11) is -16.6. The summed E-state index contributed by atoms with van der Waals surface area (Å²) in [6, 6.07) is 1.40. The molecule has 6 atom stereocenters. The average molecular weight is 511 g/mol. The van der Waals surface area contributed by atoms with Crippen molar-refractivity contribution < 1.29 is 56.3 Å². The minimum atomic E-state index is -5.67. The zero-order valence-corrected chi connectivity index (χ0v) is 18.0. The topological polar surface area (TPSA) is 249 Å². The molecule has 1 aromatic heterocycles.